The molecule has 2 aromatic rings. The van der Waals surface area contributed by atoms with Crippen molar-refractivity contribution in [1.29, 1.82) is 0 Å². The Balaban J connectivity index is 2.25. The Morgan fingerprint density at radius 1 is 1.20 bits per heavy atom. The molecule has 3 nitrogen and oxygen atoms in total. The standard InChI is InChI=1S/C11H9ClN2O/c12-9-7-8(13)4-5-10(9)15-11-3-1-2-6-14-11/h1-7H,13H2. The quantitative estimate of drug-likeness (QED) is 0.792. The van der Waals surface area contributed by atoms with Crippen molar-refractivity contribution >= 4 is 17.3 Å². The number of nitrogens with two attached hydrogens (primary N) is 1. The van der Waals surface area contributed by atoms with E-state index in [1.165, 1.54) is 0 Å². The van der Waals surface area contributed by atoms with Crippen LogP contribution in [0.3, 0.4) is 0 Å². The number of ether oxygens (including phenoxy) is 1. The van der Waals surface area contributed by atoms with Crippen LogP contribution in [0.15, 0.2) is 42.6 Å². The van der Waals surface area contributed by atoms with Crippen molar-refractivity contribution in [2.75, 3.05) is 5.73 Å². The second-order valence-electron chi connectivity index (χ2n) is 2.96. The minimum Gasteiger partial charge on any atom is -0.437 e. The molecule has 2 rings (SSSR count). The van der Waals surface area contributed by atoms with Gasteiger partial charge < -0.3 is 10.5 Å². The molecular weight excluding hydrogens is 212 g/mol. The molecule has 0 aliphatic heterocycles. The van der Waals surface area contributed by atoms with E-state index >= 15 is 0 Å². The number of hydrogen-bond donors (Lipinski definition) is 1. The molecule has 15 heavy (non-hydrogen) atoms. The number of anilines is 1. The lowest BCUT2D eigenvalue weighted by atomic mass is 10.3. The smallest absolute Gasteiger partial charge is 0.219 e. The number of nitrogen functional groups attached to an aromatic ring is 1. The molecule has 1 aromatic carbocycles. The lowest BCUT2D eigenvalue weighted by Gasteiger charge is -2.06. The Bertz CT molecular complexity index is 459. The lowest BCUT2D eigenvalue weighted by Crippen LogP contribution is -1.89. The minimum atomic E-state index is 0.473. The van der Waals surface area contributed by atoms with Gasteiger partial charge in [0, 0.05) is 18.0 Å². The summed E-state index contributed by atoms with van der Waals surface area (Å²) >= 11 is 5.95. The first-order valence-corrected chi connectivity index (χ1v) is 4.77. The molecule has 0 spiro atoms. The summed E-state index contributed by atoms with van der Waals surface area (Å²) in [6.07, 6.45) is 1.65. The molecule has 0 bridgehead atoms. The van der Waals surface area contributed by atoms with Crippen LogP contribution < -0.4 is 10.5 Å². The highest BCUT2D eigenvalue weighted by Crippen LogP contribution is 2.29. The van der Waals surface area contributed by atoms with Gasteiger partial charge in [0.25, 0.3) is 0 Å². The third-order valence-corrected chi connectivity index (χ3v) is 2.10. The monoisotopic (exact) mass is 220 g/mol. The van der Waals surface area contributed by atoms with Crippen molar-refractivity contribution < 1.29 is 4.74 Å². The van der Waals surface area contributed by atoms with Crippen LogP contribution in [0.5, 0.6) is 11.6 Å². The van der Waals surface area contributed by atoms with Gasteiger partial charge in [0.15, 0.2) is 0 Å². The van der Waals surface area contributed by atoms with Gasteiger partial charge in [-0.05, 0) is 24.3 Å². The number of halogens is 1. The number of rotatable bonds is 2. The predicted octanol–water partition coefficient (Wildman–Crippen LogP) is 3.11. The van der Waals surface area contributed by atoms with Gasteiger partial charge in [-0.3, -0.25) is 0 Å². The molecule has 0 saturated heterocycles. The molecule has 0 atom stereocenters. The summed E-state index contributed by atoms with van der Waals surface area (Å²) in [4.78, 5) is 4.03. The maximum absolute atomic E-state index is 5.95. The number of nitrogens with zero attached hydrogens (tertiary/aromatic N) is 1. The van der Waals surface area contributed by atoms with Crippen molar-refractivity contribution in [2.45, 2.75) is 0 Å². The topological polar surface area (TPSA) is 48.1 Å². The molecule has 2 N–H and O–H groups in total. The van der Waals surface area contributed by atoms with Gasteiger partial charge >= 0.3 is 0 Å². The van der Waals surface area contributed by atoms with E-state index in [1.807, 2.05) is 12.1 Å². The summed E-state index contributed by atoms with van der Waals surface area (Å²) in [6.45, 7) is 0. The summed E-state index contributed by atoms with van der Waals surface area (Å²) in [5, 5.41) is 0.473. The van der Waals surface area contributed by atoms with Crippen LogP contribution in [0.4, 0.5) is 5.69 Å². The normalized spacial score (nSPS) is 9.93. The fourth-order valence-electron chi connectivity index (χ4n) is 1.12. The van der Waals surface area contributed by atoms with Crippen molar-refractivity contribution in [3.05, 3.63) is 47.6 Å². The SMILES string of the molecule is Nc1ccc(Oc2ccccn2)c(Cl)c1. The average molecular weight is 221 g/mol. The van der Waals surface area contributed by atoms with E-state index in [4.69, 9.17) is 22.1 Å². The second-order valence-corrected chi connectivity index (χ2v) is 3.37. The fourth-order valence-corrected chi connectivity index (χ4v) is 1.35. The van der Waals surface area contributed by atoms with Crippen LogP contribution >= 0.6 is 11.6 Å². The Morgan fingerprint density at radius 2 is 2.07 bits per heavy atom. The molecule has 0 saturated carbocycles. The van der Waals surface area contributed by atoms with Crippen LogP contribution in [0, 0.1) is 0 Å². The van der Waals surface area contributed by atoms with Gasteiger partial charge in [-0.15, -0.1) is 0 Å². The zero-order chi connectivity index (χ0) is 10.7. The number of benzene rings is 1. The van der Waals surface area contributed by atoms with Gasteiger partial charge in [0.2, 0.25) is 5.88 Å². The van der Waals surface area contributed by atoms with Gasteiger partial charge in [0.05, 0.1) is 5.02 Å². The molecule has 0 fully saturated rings. The number of aromatic nitrogens is 1. The minimum absolute atomic E-state index is 0.473. The van der Waals surface area contributed by atoms with Gasteiger partial charge in [-0.25, -0.2) is 4.98 Å². The third-order valence-electron chi connectivity index (χ3n) is 1.81. The van der Waals surface area contributed by atoms with Crippen LogP contribution in [-0.4, -0.2) is 4.98 Å². The highest BCUT2D eigenvalue weighted by atomic mass is 35.5. The van der Waals surface area contributed by atoms with E-state index in [2.05, 4.69) is 4.98 Å². The molecule has 0 unspecified atom stereocenters. The van der Waals surface area contributed by atoms with Gasteiger partial charge in [-0.1, -0.05) is 17.7 Å². The Labute approximate surface area is 92.5 Å². The first-order chi connectivity index (χ1) is 7.25. The molecule has 0 radical (unpaired) electrons. The molecule has 0 aliphatic rings. The van der Waals surface area contributed by atoms with E-state index < -0.39 is 0 Å². The molecule has 1 heterocycles. The van der Waals surface area contributed by atoms with Gasteiger partial charge in [-0.2, -0.15) is 0 Å². The van der Waals surface area contributed by atoms with Crippen molar-refractivity contribution in [3.63, 3.8) is 0 Å². The Kier molecular flexibility index (Phi) is 2.74. The van der Waals surface area contributed by atoms with E-state index in [9.17, 15) is 0 Å². The van der Waals surface area contributed by atoms with Crippen LogP contribution in [0.25, 0.3) is 0 Å². The first-order valence-electron chi connectivity index (χ1n) is 4.39. The zero-order valence-corrected chi connectivity index (χ0v) is 8.61. The lowest BCUT2D eigenvalue weighted by molar-refractivity contribution is 0.463. The van der Waals surface area contributed by atoms with E-state index in [1.54, 1.807) is 30.5 Å². The molecule has 4 heteroatoms. The molecule has 76 valence electrons. The maximum Gasteiger partial charge on any atom is 0.219 e. The van der Waals surface area contributed by atoms with E-state index in [-0.39, 0.29) is 0 Å². The highest BCUT2D eigenvalue weighted by Gasteiger charge is 2.03. The summed E-state index contributed by atoms with van der Waals surface area (Å²) in [6, 6.07) is 10.5. The van der Waals surface area contributed by atoms with Crippen molar-refractivity contribution in [2.24, 2.45) is 0 Å². The average Bonchev–Trinajstić information content (AvgIpc) is 2.24. The Hall–Kier alpha value is -1.74. The van der Waals surface area contributed by atoms with Crippen molar-refractivity contribution in [1.82, 2.24) is 4.98 Å². The number of pyridine rings is 1. The molecule has 0 amide bonds. The zero-order valence-electron chi connectivity index (χ0n) is 7.85. The predicted molar refractivity (Wildman–Crippen MR) is 60.2 cm³/mol. The fraction of sp³-hybridized carbons (Fsp3) is 0. The van der Waals surface area contributed by atoms with Crippen LogP contribution in [0.2, 0.25) is 5.02 Å². The summed E-state index contributed by atoms with van der Waals surface area (Å²) < 4.78 is 5.47. The van der Waals surface area contributed by atoms with Gasteiger partial charge in [0.1, 0.15) is 5.75 Å². The summed E-state index contributed by atoms with van der Waals surface area (Å²) in [5.41, 5.74) is 6.17. The largest absolute Gasteiger partial charge is 0.437 e. The number of hydrogen-bond acceptors (Lipinski definition) is 3. The molecule has 1 aromatic heterocycles. The molecule has 0 aliphatic carbocycles. The van der Waals surface area contributed by atoms with E-state index in [0.29, 0.717) is 22.3 Å². The second kappa shape index (κ2) is 4.19. The van der Waals surface area contributed by atoms with Crippen LogP contribution in [0.1, 0.15) is 0 Å². The third kappa shape index (κ3) is 2.39. The highest BCUT2D eigenvalue weighted by molar-refractivity contribution is 6.32. The first kappa shape index (κ1) is 9.80. The summed E-state index contributed by atoms with van der Waals surface area (Å²) in [7, 11) is 0. The van der Waals surface area contributed by atoms with Crippen LogP contribution in [-0.2, 0) is 0 Å². The summed E-state index contributed by atoms with van der Waals surface area (Å²) in [5.74, 6) is 1.05. The molecular formula is C11H9ClN2O. The maximum atomic E-state index is 5.95. The van der Waals surface area contributed by atoms with E-state index in [0.717, 1.165) is 0 Å². The van der Waals surface area contributed by atoms with Crippen molar-refractivity contribution in [3.8, 4) is 11.6 Å². The Morgan fingerprint density at radius 3 is 2.73 bits per heavy atom.